The maximum atomic E-state index is 14.6. The van der Waals surface area contributed by atoms with Gasteiger partial charge in [0.05, 0.1) is 0 Å². The first-order valence-corrected chi connectivity index (χ1v) is 8.87. The van der Waals surface area contributed by atoms with Gasteiger partial charge in [-0.15, -0.1) is 0 Å². The lowest BCUT2D eigenvalue weighted by molar-refractivity contribution is 0.347. The van der Waals surface area contributed by atoms with E-state index >= 15 is 0 Å². The third-order valence-electron chi connectivity index (χ3n) is 5.81. The Kier molecular flexibility index (Phi) is 5.13. The van der Waals surface area contributed by atoms with E-state index in [-0.39, 0.29) is 17.3 Å². The molecule has 0 amide bonds. The van der Waals surface area contributed by atoms with E-state index in [1.807, 2.05) is 6.07 Å². The Labute approximate surface area is 136 Å². The number of benzene rings is 1. The molecule has 2 fully saturated rings. The molecule has 0 bridgehead atoms. The van der Waals surface area contributed by atoms with Crippen molar-refractivity contribution < 1.29 is 13.2 Å². The third kappa shape index (κ3) is 3.81. The van der Waals surface area contributed by atoms with Crippen molar-refractivity contribution in [3.63, 3.8) is 0 Å². The smallest absolute Gasteiger partial charge is 0.207 e. The van der Waals surface area contributed by atoms with Crippen LogP contribution in [0.1, 0.15) is 81.3 Å². The van der Waals surface area contributed by atoms with Crippen LogP contribution in [-0.4, -0.2) is 0 Å². The molecule has 1 aromatic rings. The molecule has 0 heterocycles. The maximum Gasteiger partial charge on any atom is 0.269 e. The van der Waals surface area contributed by atoms with E-state index in [0.717, 1.165) is 29.9 Å². The van der Waals surface area contributed by atoms with Crippen molar-refractivity contribution >= 4 is 0 Å². The summed E-state index contributed by atoms with van der Waals surface area (Å²) in [7, 11) is 0. The van der Waals surface area contributed by atoms with Gasteiger partial charge in [0, 0.05) is 0 Å². The normalized spacial score (nSPS) is 28.7. The van der Waals surface area contributed by atoms with Crippen LogP contribution in [0.4, 0.5) is 13.2 Å². The average Bonchev–Trinajstić information content (AvgIpc) is 2.55. The Morgan fingerprint density at radius 3 is 2.13 bits per heavy atom. The zero-order valence-electron chi connectivity index (χ0n) is 13.8. The lowest BCUT2D eigenvalue weighted by atomic mass is 9.78. The number of allylic oxidation sites excluding steroid dienone is 1. The zero-order chi connectivity index (χ0) is 16.4. The molecule has 0 saturated heterocycles. The van der Waals surface area contributed by atoms with Crippen LogP contribution in [0.15, 0.2) is 29.9 Å². The fraction of sp³-hybridized carbons (Fsp3) is 0.600. The monoisotopic (exact) mass is 322 g/mol. The standard InChI is InChI=1S/C20H25F3/c1-13-2-4-14(5-3-13)17-10-11-18(19(21)12-17)15-6-8-16(9-7-15)20(22)23/h10-15H,2-9H2,1H3. The summed E-state index contributed by atoms with van der Waals surface area (Å²) in [5.41, 5.74) is 2.09. The molecule has 23 heavy (non-hydrogen) atoms. The molecule has 0 radical (unpaired) electrons. The molecule has 3 heteroatoms. The SMILES string of the molecule is CC1CCC(c2ccc(C3CCC(=C(F)F)CC3)c(F)c2)CC1. The molecule has 2 aliphatic rings. The molecule has 2 aliphatic carbocycles. The molecular weight excluding hydrogens is 297 g/mol. The minimum atomic E-state index is -1.54. The molecular formula is C20H25F3. The fourth-order valence-electron chi connectivity index (χ4n) is 4.19. The molecule has 0 N–H and O–H groups in total. The highest BCUT2D eigenvalue weighted by Gasteiger charge is 2.25. The second-order valence-corrected chi connectivity index (χ2v) is 7.38. The number of hydrogen-bond acceptors (Lipinski definition) is 0. The topological polar surface area (TPSA) is 0 Å². The first-order chi connectivity index (χ1) is 11.0. The molecule has 0 aromatic heterocycles. The van der Waals surface area contributed by atoms with Gasteiger partial charge in [0.1, 0.15) is 5.82 Å². The Morgan fingerprint density at radius 2 is 1.57 bits per heavy atom. The van der Waals surface area contributed by atoms with Gasteiger partial charge in [-0.2, -0.15) is 8.78 Å². The van der Waals surface area contributed by atoms with Crippen LogP contribution in [0.3, 0.4) is 0 Å². The summed E-state index contributed by atoms with van der Waals surface area (Å²) in [6.07, 6.45) is 5.25. The highest BCUT2D eigenvalue weighted by atomic mass is 19.3. The van der Waals surface area contributed by atoms with E-state index in [2.05, 4.69) is 13.0 Å². The average molecular weight is 322 g/mol. The van der Waals surface area contributed by atoms with Crippen molar-refractivity contribution in [1.29, 1.82) is 0 Å². The lowest BCUT2D eigenvalue weighted by Crippen LogP contribution is -2.12. The summed E-state index contributed by atoms with van der Waals surface area (Å²) in [5.74, 6) is 1.21. The molecule has 0 nitrogen and oxygen atoms in total. The van der Waals surface area contributed by atoms with Crippen LogP contribution in [0.2, 0.25) is 0 Å². The Balaban J connectivity index is 1.69. The Bertz CT molecular complexity index is 569. The lowest BCUT2D eigenvalue weighted by Gasteiger charge is -2.28. The number of halogens is 3. The Hall–Kier alpha value is -1.25. The van der Waals surface area contributed by atoms with E-state index in [1.54, 1.807) is 6.07 Å². The van der Waals surface area contributed by atoms with Gasteiger partial charge in [-0.25, -0.2) is 4.39 Å². The molecule has 0 aliphatic heterocycles. The first-order valence-electron chi connectivity index (χ1n) is 8.87. The highest BCUT2D eigenvalue weighted by Crippen LogP contribution is 2.40. The van der Waals surface area contributed by atoms with Gasteiger partial charge in [-0.3, -0.25) is 0 Å². The molecule has 0 spiro atoms. The predicted octanol–water partition coefficient (Wildman–Crippen LogP) is 6.93. The fourth-order valence-corrected chi connectivity index (χ4v) is 4.19. The summed E-state index contributed by atoms with van der Waals surface area (Å²) in [6.45, 7) is 2.28. The van der Waals surface area contributed by atoms with Crippen LogP contribution in [0, 0.1) is 11.7 Å². The van der Waals surface area contributed by atoms with Gasteiger partial charge in [0.2, 0.25) is 0 Å². The largest absolute Gasteiger partial charge is 0.269 e. The van der Waals surface area contributed by atoms with Crippen LogP contribution < -0.4 is 0 Å². The minimum absolute atomic E-state index is 0.0820. The van der Waals surface area contributed by atoms with Crippen molar-refractivity contribution in [3.05, 3.63) is 46.8 Å². The summed E-state index contributed by atoms with van der Waals surface area (Å²) in [4.78, 5) is 0. The van der Waals surface area contributed by atoms with Crippen molar-refractivity contribution in [2.24, 2.45) is 5.92 Å². The minimum Gasteiger partial charge on any atom is -0.207 e. The van der Waals surface area contributed by atoms with Crippen molar-refractivity contribution in [2.45, 2.75) is 70.1 Å². The summed E-state index contributed by atoms with van der Waals surface area (Å²) < 4.78 is 39.8. The van der Waals surface area contributed by atoms with E-state index in [4.69, 9.17) is 0 Å². The Morgan fingerprint density at radius 1 is 0.913 bits per heavy atom. The second kappa shape index (κ2) is 7.11. The summed E-state index contributed by atoms with van der Waals surface area (Å²) >= 11 is 0. The van der Waals surface area contributed by atoms with Crippen LogP contribution in [0.5, 0.6) is 0 Å². The van der Waals surface area contributed by atoms with E-state index < -0.39 is 6.08 Å². The number of hydrogen-bond donors (Lipinski definition) is 0. The van der Waals surface area contributed by atoms with Gasteiger partial charge in [0.25, 0.3) is 6.08 Å². The third-order valence-corrected chi connectivity index (χ3v) is 5.81. The van der Waals surface area contributed by atoms with Crippen LogP contribution in [-0.2, 0) is 0 Å². The van der Waals surface area contributed by atoms with Gasteiger partial charge in [-0.05, 0) is 79.0 Å². The molecule has 0 unspecified atom stereocenters. The quantitative estimate of drug-likeness (QED) is 0.554. The van der Waals surface area contributed by atoms with Gasteiger partial charge < -0.3 is 0 Å². The molecule has 3 rings (SSSR count). The van der Waals surface area contributed by atoms with Crippen LogP contribution in [0.25, 0.3) is 0 Å². The zero-order valence-corrected chi connectivity index (χ0v) is 13.8. The second-order valence-electron chi connectivity index (χ2n) is 7.38. The first kappa shape index (κ1) is 16.6. The highest BCUT2D eigenvalue weighted by molar-refractivity contribution is 5.30. The number of rotatable bonds is 2. The van der Waals surface area contributed by atoms with Crippen LogP contribution >= 0.6 is 0 Å². The predicted molar refractivity (Wildman–Crippen MR) is 87.2 cm³/mol. The molecule has 126 valence electrons. The van der Waals surface area contributed by atoms with Crippen molar-refractivity contribution in [2.75, 3.05) is 0 Å². The molecule has 1 aromatic carbocycles. The maximum absolute atomic E-state index is 14.6. The molecule has 2 saturated carbocycles. The van der Waals surface area contributed by atoms with Gasteiger partial charge in [0.15, 0.2) is 0 Å². The molecule has 0 atom stereocenters. The van der Waals surface area contributed by atoms with Gasteiger partial charge >= 0.3 is 0 Å². The van der Waals surface area contributed by atoms with E-state index in [9.17, 15) is 13.2 Å². The summed E-state index contributed by atoms with van der Waals surface area (Å²) in [5, 5.41) is 0. The van der Waals surface area contributed by atoms with Gasteiger partial charge in [-0.1, -0.05) is 31.9 Å². The van der Waals surface area contributed by atoms with Crippen molar-refractivity contribution in [1.82, 2.24) is 0 Å². The van der Waals surface area contributed by atoms with E-state index in [0.29, 0.717) is 31.6 Å². The van der Waals surface area contributed by atoms with Crippen molar-refractivity contribution in [3.8, 4) is 0 Å². The van der Waals surface area contributed by atoms with E-state index in [1.165, 1.54) is 12.8 Å². The summed E-state index contributed by atoms with van der Waals surface area (Å²) in [6, 6.07) is 5.69.